The molecule has 1 fully saturated rings. The van der Waals surface area contributed by atoms with Gasteiger partial charge in [-0.15, -0.1) is 0 Å². The highest BCUT2D eigenvalue weighted by atomic mass is 32.2. The number of methoxy groups -OCH3 is 1. The SMILES string of the molecule is COC(=O)c1ccc([C@@H]2c3sc(=O)[nH]c3S[C@@H]3C(=O)N(CC(=O)O)C(=O)[C@@H]23)cc1. The third-order valence-corrected chi connectivity index (χ3v) is 7.30. The van der Waals surface area contributed by atoms with Crippen LogP contribution < -0.4 is 4.87 Å². The van der Waals surface area contributed by atoms with E-state index >= 15 is 0 Å². The van der Waals surface area contributed by atoms with Crippen molar-refractivity contribution in [2.45, 2.75) is 16.2 Å². The van der Waals surface area contributed by atoms with Crippen molar-refractivity contribution in [2.24, 2.45) is 5.92 Å². The molecule has 2 aromatic rings. The number of likely N-dealkylation sites (tertiary alicyclic amines) is 1. The number of nitrogens with zero attached hydrogens (tertiary/aromatic N) is 1. The van der Waals surface area contributed by atoms with Crippen LogP contribution in [0, 0.1) is 5.92 Å². The molecule has 2 aliphatic heterocycles. The number of nitrogens with one attached hydrogen (secondary N) is 1. The van der Waals surface area contributed by atoms with Gasteiger partial charge in [0.1, 0.15) is 11.8 Å². The normalized spacial score (nSPS) is 22.9. The number of hydrogen-bond acceptors (Lipinski definition) is 8. The number of esters is 1. The van der Waals surface area contributed by atoms with E-state index in [0.29, 0.717) is 21.0 Å². The number of H-pyrrole nitrogens is 1. The molecule has 0 aliphatic carbocycles. The van der Waals surface area contributed by atoms with Gasteiger partial charge < -0.3 is 14.8 Å². The molecule has 0 spiro atoms. The van der Waals surface area contributed by atoms with Gasteiger partial charge in [-0.1, -0.05) is 35.2 Å². The minimum Gasteiger partial charge on any atom is -0.480 e. The van der Waals surface area contributed by atoms with Gasteiger partial charge in [-0.3, -0.25) is 24.1 Å². The largest absolute Gasteiger partial charge is 0.480 e. The zero-order valence-electron chi connectivity index (χ0n) is 14.9. The second kappa shape index (κ2) is 7.16. The standard InChI is InChI=1S/C18H14N2O7S2/c1-27-17(25)8-4-2-7(3-5-8)10-11-13(28-14-12(10)29-18(26)19-14)16(24)20(15(11)23)6-9(21)22/h2-5,10-11,13H,6H2,1H3,(H,19,26)(H,21,22)/t10-,11-,13-/m0/s1. The van der Waals surface area contributed by atoms with Crippen LogP contribution in [0.4, 0.5) is 0 Å². The molecule has 1 aromatic heterocycles. The van der Waals surface area contributed by atoms with Crippen molar-refractivity contribution in [2.75, 3.05) is 13.7 Å². The molecule has 4 rings (SSSR count). The number of thioether (sulfide) groups is 1. The van der Waals surface area contributed by atoms with Crippen molar-refractivity contribution in [1.29, 1.82) is 0 Å². The first-order valence-corrected chi connectivity index (χ1v) is 10.2. The third-order valence-electron chi connectivity index (χ3n) is 4.90. The van der Waals surface area contributed by atoms with Crippen LogP contribution in [0.2, 0.25) is 0 Å². The van der Waals surface area contributed by atoms with E-state index in [0.717, 1.165) is 28.0 Å². The number of rotatable bonds is 4. The van der Waals surface area contributed by atoms with E-state index < -0.39 is 47.4 Å². The summed E-state index contributed by atoms with van der Waals surface area (Å²) in [6.45, 7) is -0.705. The summed E-state index contributed by atoms with van der Waals surface area (Å²) in [6.07, 6.45) is 0. The Morgan fingerprint density at radius 1 is 1.17 bits per heavy atom. The molecule has 150 valence electrons. The molecule has 2 N–H and O–H groups in total. The van der Waals surface area contributed by atoms with Gasteiger partial charge in [-0.05, 0) is 17.7 Å². The van der Waals surface area contributed by atoms with Crippen LogP contribution in [0.1, 0.15) is 26.7 Å². The van der Waals surface area contributed by atoms with Gasteiger partial charge in [-0.25, -0.2) is 4.79 Å². The summed E-state index contributed by atoms with van der Waals surface area (Å²) in [4.78, 5) is 64.2. The van der Waals surface area contributed by atoms with Crippen molar-refractivity contribution in [3.05, 3.63) is 49.9 Å². The van der Waals surface area contributed by atoms with E-state index in [1.54, 1.807) is 24.3 Å². The number of carbonyl (C=O) groups excluding carboxylic acids is 3. The van der Waals surface area contributed by atoms with Gasteiger partial charge in [0.15, 0.2) is 0 Å². The average Bonchev–Trinajstić information content (AvgIpc) is 3.18. The van der Waals surface area contributed by atoms with Crippen molar-refractivity contribution in [3.63, 3.8) is 0 Å². The van der Waals surface area contributed by atoms with Crippen molar-refractivity contribution >= 4 is 46.9 Å². The number of ether oxygens (including phenoxy) is 1. The fourth-order valence-electron chi connectivity index (χ4n) is 3.67. The van der Waals surface area contributed by atoms with Crippen LogP contribution in [0.25, 0.3) is 0 Å². The Balaban J connectivity index is 1.80. The maximum Gasteiger partial charge on any atom is 0.337 e. The van der Waals surface area contributed by atoms with Crippen molar-refractivity contribution in [1.82, 2.24) is 9.88 Å². The van der Waals surface area contributed by atoms with Crippen molar-refractivity contribution in [3.8, 4) is 0 Å². The number of thiazole rings is 1. The van der Waals surface area contributed by atoms with Crippen molar-refractivity contribution < 1.29 is 29.0 Å². The highest BCUT2D eigenvalue weighted by molar-refractivity contribution is 8.00. The lowest BCUT2D eigenvalue weighted by molar-refractivity contribution is -0.149. The Labute approximate surface area is 171 Å². The van der Waals surface area contributed by atoms with E-state index in [1.165, 1.54) is 7.11 Å². The van der Waals surface area contributed by atoms with Gasteiger partial charge in [0.05, 0.1) is 23.6 Å². The molecule has 0 radical (unpaired) electrons. The van der Waals surface area contributed by atoms with Crippen LogP contribution in [-0.2, 0) is 19.1 Å². The first-order chi connectivity index (χ1) is 13.8. The van der Waals surface area contributed by atoms with Gasteiger partial charge in [-0.2, -0.15) is 0 Å². The lowest BCUT2D eigenvalue weighted by atomic mass is 9.83. The first-order valence-electron chi connectivity index (χ1n) is 8.46. The second-order valence-corrected chi connectivity index (χ2v) is 8.69. The maximum atomic E-state index is 13.0. The number of carboxylic acid groups (broad SMARTS) is 1. The van der Waals surface area contributed by atoms with Gasteiger partial charge >= 0.3 is 16.8 Å². The molecular formula is C18H14N2O7S2. The fraction of sp³-hybridized carbons (Fsp3) is 0.278. The molecule has 29 heavy (non-hydrogen) atoms. The monoisotopic (exact) mass is 434 g/mol. The highest BCUT2D eigenvalue weighted by Crippen LogP contribution is 2.52. The number of amides is 2. The zero-order chi connectivity index (χ0) is 20.9. The lowest BCUT2D eigenvalue weighted by Gasteiger charge is -2.29. The number of carbonyl (C=O) groups is 4. The number of aliphatic carboxylic acids is 1. The minimum absolute atomic E-state index is 0.305. The predicted molar refractivity (Wildman–Crippen MR) is 102 cm³/mol. The molecule has 2 amide bonds. The van der Waals surface area contributed by atoms with Crippen LogP contribution in [0.15, 0.2) is 34.1 Å². The number of fused-ring (bicyclic) bond motifs is 2. The number of hydrogen-bond donors (Lipinski definition) is 2. The molecule has 11 heteroatoms. The average molecular weight is 434 g/mol. The van der Waals surface area contributed by atoms with E-state index in [4.69, 9.17) is 5.11 Å². The Bertz CT molecular complexity index is 1090. The molecule has 9 nitrogen and oxygen atoms in total. The lowest BCUT2D eigenvalue weighted by Crippen LogP contribution is -2.36. The van der Waals surface area contributed by atoms with Crippen LogP contribution in [0.3, 0.4) is 0 Å². The summed E-state index contributed by atoms with van der Waals surface area (Å²) in [6, 6.07) is 6.39. The quantitative estimate of drug-likeness (QED) is 0.536. The third kappa shape index (κ3) is 3.15. The molecule has 3 heterocycles. The van der Waals surface area contributed by atoms with Crippen LogP contribution in [-0.4, -0.2) is 57.6 Å². The Morgan fingerprint density at radius 2 is 1.86 bits per heavy atom. The second-order valence-electron chi connectivity index (χ2n) is 6.52. The Morgan fingerprint density at radius 3 is 2.48 bits per heavy atom. The molecule has 0 unspecified atom stereocenters. The van der Waals surface area contributed by atoms with Gasteiger partial charge in [0.2, 0.25) is 11.8 Å². The molecular weight excluding hydrogens is 420 g/mol. The minimum atomic E-state index is -1.28. The van der Waals surface area contributed by atoms with E-state index in [2.05, 4.69) is 9.72 Å². The van der Waals surface area contributed by atoms with Gasteiger partial charge in [0, 0.05) is 10.8 Å². The van der Waals surface area contributed by atoms with Crippen LogP contribution in [0.5, 0.6) is 0 Å². The fourth-order valence-corrected chi connectivity index (χ4v) is 6.21. The zero-order valence-corrected chi connectivity index (χ0v) is 16.5. The summed E-state index contributed by atoms with van der Waals surface area (Å²) in [5, 5.41) is 8.73. The number of aromatic nitrogens is 1. The van der Waals surface area contributed by atoms with E-state index in [-0.39, 0.29) is 4.87 Å². The number of aromatic amines is 1. The summed E-state index contributed by atoms with van der Waals surface area (Å²) in [7, 11) is 1.27. The predicted octanol–water partition coefficient (Wildman–Crippen LogP) is 0.899. The molecule has 0 saturated carbocycles. The summed E-state index contributed by atoms with van der Waals surface area (Å²) in [5.74, 6) is -4.40. The van der Waals surface area contributed by atoms with Crippen LogP contribution >= 0.6 is 23.1 Å². The summed E-state index contributed by atoms with van der Waals surface area (Å²) < 4.78 is 4.69. The topological polar surface area (TPSA) is 134 Å². The Hall–Kier alpha value is -2.92. The summed E-state index contributed by atoms with van der Waals surface area (Å²) >= 11 is 2.03. The van der Waals surface area contributed by atoms with Gasteiger partial charge in [0.25, 0.3) is 0 Å². The Kier molecular flexibility index (Phi) is 4.79. The van der Waals surface area contributed by atoms with E-state index in [1.807, 2.05) is 0 Å². The number of benzene rings is 1. The molecule has 3 atom stereocenters. The smallest absolute Gasteiger partial charge is 0.337 e. The van der Waals surface area contributed by atoms with E-state index in [9.17, 15) is 24.0 Å². The number of imide groups is 1. The molecule has 2 aliphatic rings. The maximum absolute atomic E-state index is 13.0. The highest BCUT2D eigenvalue weighted by Gasteiger charge is 2.56. The first kappa shape index (κ1) is 19.4. The molecule has 0 bridgehead atoms. The molecule has 1 aromatic carbocycles. The summed E-state index contributed by atoms with van der Waals surface area (Å²) in [5.41, 5.74) is 0.963. The number of carboxylic acids is 1. The molecule has 1 saturated heterocycles.